The van der Waals surface area contributed by atoms with Crippen molar-refractivity contribution in [3.05, 3.63) is 22.4 Å². The van der Waals surface area contributed by atoms with Crippen molar-refractivity contribution in [2.24, 2.45) is 0 Å². The number of amides is 1. The summed E-state index contributed by atoms with van der Waals surface area (Å²) in [4.78, 5) is 22.9. The Bertz CT molecular complexity index is 552. The molecule has 1 aromatic heterocycles. The van der Waals surface area contributed by atoms with E-state index in [9.17, 15) is 9.59 Å². The third-order valence-electron chi connectivity index (χ3n) is 2.47. The first-order valence-electron chi connectivity index (χ1n) is 6.26. The van der Waals surface area contributed by atoms with Gasteiger partial charge in [0.1, 0.15) is 10.2 Å². The van der Waals surface area contributed by atoms with Gasteiger partial charge in [0.25, 0.3) is 0 Å². The largest absolute Gasteiger partial charge is 0.462 e. The van der Waals surface area contributed by atoms with Gasteiger partial charge in [0.15, 0.2) is 0 Å². The summed E-state index contributed by atoms with van der Waals surface area (Å²) in [5.41, 5.74) is -0.303. The molecular formula is C13H18BrN3O4. The summed E-state index contributed by atoms with van der Waals surface area (Å²) in [6.07, 6.45) is 4.23. The highest BCUT2D eigenvalue weighted by atomic mass is 79.9. The molecule has 0 aliphatic carbocycles. The molecule has 0 radical (unpaired) electrons. The van der Waals surface area contributed by atoms with Crippen molar-refractivity contribution in [2.75, 3.05) is 13.7 Å². The molecule has 8 heteroatoms. The van der Waals surface area contributed by atoms with E-state index in [1.54, 1.807) is 33.0 Å². The van der Waals surface area contributed by atoms with E-state index in [0.29, 0.717) is 16.8 Å². The van der Waals surface area contributed by atoms with Crippen molar-refractivity contribution in [2.45, 2.75) is 26.3 Å². The number of carbonyl (C=O) groups excluding carboxylic acids is 2. The summed E-state index contributed by atoms with van der Waals surface area (Å²) in [6, 6.07) is 0. The van der Waals surface area contributed by atoms with E-state index < -0.39 is 17.6 Å². The lowest BCUT2D eigenvalue weighted by molar-refractivity contribution is 0.0525. The van der Waals surface area contributed by atoms with Crippen LogP contribution in [0.5, 0.6) is 0 Å². The molecular weight excluding hydrogens is 342 g/mol. The molecule has 0 aliphatic rings. The number of esters is 1. The third-order valence-corrected chi connectivity index (χ3v) is 3.26. The fraction of sp³-hybridized carbons (Fsp3) is 0.462. The average Bonchev–Trinajstić information content (AvgIpc) is 2.77. The maximum absolute atomic E-state index is 11.7. The molecule has 1 amide bonds. The Morgan fingerprint density at radius 1 is 1.52 bits per heavy atom. The van der Waals surface area contributed by atoms with E-state index in [0.717, 1.165) is 0 Å². The predicted octanol–water partition coefficient (Wildman–Crippen LogP) is 2.43. The summed E-state index contributed by atoms with van der Waals surface area (Å²) in [7, 11) is 1.30. The fourth-order valence-corrected chi connectivity index (χ4v) is 1.88. The van der Waals surface area contributed by atoms with Gasteiger partial charge in [-0.05, 0) is 42.8 Å². The van der Waals surface area contributed by atoms with Crippen LogP contribution in [0.1, 0.15) is 31.1 Å². The number of hydrogen-bond acceptors (Lipinski definition) is 5. The van der Waals surface area contributed by atoms with Crippen LogP contribution in [0.15, 0.2) is 16.9 Å². The summed E-state index contributed by atoms with van der Waals surface area (Å²) in [6.45, 7) is 5.62. The van der Waals surface area contributed by atoms with Crippen LogP contribution in [0.4, 0.5) is 4.79 Å². The van der Waals surface area contributed by atoms with Gasteiger partial charge < -0.3 is 14.8 Å². The van der Waals surface area contributed by atoms with Gasteiger partial charge in [-0.3, -0.25) is 0 Å². The number of ether oxygens (including phenoxy) is 2. The molecule has 0 fully saturated rings. The fourth-order valence-electron chi connectivity index (χ4n) is 1.41. The maximum Gasteiger partial charge on any atom is 0.407 e. The molecule has 1 aromatic rings. The second-order valence-corrected chi connectivity index (χ2v) is 5.42. The summed E-state index contributed by atoms with van der Waals surface area (Å²) < 4.78 is 11.4. The number of alkyl carbamates (subject to hydrolysis) is 1. The first-order valence-corrected chi connectivity index (χ1v) is 7.05. The highest BCUT2D eigenvalue weighted by Gasteiger charge is 2.19. The van der Waals surface area contributed by atoms with Crippen molar-refractivity contribution in [1.29, 1.82) is 0 Å². The standard InChI is InChI=1S/C13H18BrN3O4/c1-5-21-11(18)9-8-15-17(10(9)14)7-6-13(2,3)16-12(19)20-4/h6-8H,5H2,1-4H3,(H,16,19)/b7-6+. The van der Waals surface area contributed by atoms with Crippen LogP contribution >= 0.6 is 15.9 Å². The third kappa shape index (κ3) is 4.89. The lowest BCUT2D eigenvalue weighted by Gasteiger charge is -2.20. The Kier molecular flexibility index (Phi) is 5.95. The molecule has 21 heavy (non-hydrogen) atoms. The van der Waals surface area contributed by atoms with Crippen LogP contribution in [-0.2, 0) is 9.47 Å². The number of carbonyl (C=O) groups is 2. The molecule has 0 aromatic carbocycles. The van der Waals surface area contributed by atoms with E-state index in [-0.39, 0.29) is 0 Å². The zero-order valence-corrected chi connectivity index (χ0v) is 13.9. The van der Waals surface area contributed by atoms with Crippen LogP contribution < -0.4 is 5.32 Å². The minimum absolute atomic E-state index is 0.294. The van der Waals surface area contributed by atoms with Gasteiger partial charge >= 0.3 is 12.1 Å². The Morgan fingerprint density at radius 2 is 2.19 bits per heavy atom. The van der Waals surface area contributed by atoms with Crippen molar-refractivity contribution < 1.29 is 19.1 Å². The monoisotopic (exact) mass is 359 g/mol. The van der Waals surface area contributed by atoms with Gasteiger partial charge in [-0.2, -0.15) is 5.10 Å². The zero-order chi connectivity index (χ0) is 16.0. The second kappa shape index (κ2) is 7.26. The smallest absolute Gasteiger partial charge is 0.407 e. The molecule has 0 saturated carbocycles. The zero-order valence-electron chi connectivity index (χ0n) is 12.3. The summed E-state index contributed by atoms with van der Waals surface area (Å²) >= 11 is 3.29. The summed E-state index contributed by atoms with van der Waals surface area (Å²) in [5.74, 6) is -0.448. The number of rotatable bonds is 5. The van der Waals surface area contributed by atoms with Crippen molar-refractivity contribution in [1.82, 2.24) is 15.1 Å². The van der Waals surface area contributed by atoms with Crippen molar-refractivity contribution >= 4 is 34.2 Å². The molecule has 0 aliphatic heterocycles. The normalized spacial score (nSPS) is 11.5. The minimum atomic E-state index is -0.636. The summed E-state index contributed by atoms with van der Waals surface area (Å²) in [5, 5.41) is 6.71. The van der Waals surface area contributed by atoms with E-state index in [4.69, 9.17) is 4.74 Å². The quantitative estimate of drug-likeness (QED) is 0.816. The van der Waals surface area contributed by atoms with Gasteiger partial charge in [-0.1, -0.05) is 0 Å². The molecule has 0 atom stereocenters. The van der Waals surface area contributed by atoms with E-state index >= 15 is 0 Å². The Balaban J connectivity index is 2.86. The molecule has 0 bridgehead atoms. The van der Waals surface area contributed by atoms with Crippen LogP contribution in [0, 0.1) is 0 Å². The molecule has 116 valence electrons. The first kappa shape index (κ1) is 17.2. The highest BCUT2D eigenvalue weighted by Crippen LogP contribution is 2.18. The predicted molar refractivity (Wildman–Crippen MR) is 80.8 cm³/mol. The number of hydrogen-bond donors (Lipinski definition) is 1. The number of nitrogens with zero attached hydrogens (tertiary/aromatic N) is 2. The molecule has 0 spiro atoms. The van der Waals surface area contributed by atoms with Crippen molar-refractivity contribution in [3.63, 3.8) is 0 Å². The van der Waals surface area contributed by atoms with Gasteiger partial charge in [0, 0.05) is 6.20 Å². The molecule has 0 unspecified atom stereocenters. The highest BCUT2D eigenvalue weighted by molar-refractivity contribution is 9.10. The number of methoxy groups -OCH3 is 1. The molecule has 1 N–H and O–H groups in total. The average molecular weight is 360 g/mol. The first-order chi connectivity index (χ1) is 9.80. The topological polar surface area (TPSA) is 82.5 Å². The van der Waals surface area contributed by atoms with Crippen molar-refractivity contribution in [3.8, 4) is 0 Å². The van der Waals surface area contributed by atoms with Gasteiger partial charge in [-0.25, -0.2) is 14.3 Å². The van der Waals surface area contributed by atoms with Crippen LogP contribution in [0.2, 0.25) is 0 Å². The molecule has 0 saturated heterocycles. The van der Waals surface area contributed by atoms with Gasteiger partial charge in [0.2, 0.25) is 0 Å². The Hall–Kier alpha value is -1.83. The van der Waals surface area contributed by atoms with Gasteiger partial charge in [-0.15, -0.1) is 0 Å². The molecule has 1 rings (SSSR count). The SMILES string of the molecule is CCOC(=O)c1cnn(/C=C/C(C)(C)NC(=O)OC)c1Br. The van der Waals surface area contributed by atoms with Gasteiger partial charge in [0.05, 0.1) is 25.5 Å². The molecule has 1 heterocycles. The van der Waals surface area contributed by atoms with Crippen LogP contribution in [0.3, 0.4) is 0 Å². The van der Waals surface area contributed by atoms with Crippen LogP contribution in [-0.4, -0.2) is 41.1 Å². The molecule has 7 nitrogen and oxygen atoms in total. The number of halogens is 1. The second-order valence-electron chi connectivity index (χ2n) is 4.67. The van der Waals surface area contributed by atoms with E-state index in [2.05, 4.69) is 31.1 Å². The Morgan fingerprint density at radius 3 is 2.76 bits per heavy atom. The minimum Gasteiger partial charge on any atom is -0.462 e. The van der Waals surface area contributed by atoms with E-state index in [1.165, 1.54) is 18.0 Å². The number of nitrogens with one attached hydrogen (secondary N) is 1. The van der Waals surface area contributed by atoms with E-state index in [1.807, 2.05) is 0 Å². The lowest BCUT2D eigenvalue weighted by atomic mass is 10.1. The maximum atomic E-state index is 11.7. The van der Waals surface area contributed by atoms with Crippen LogP contribution in [0.25, 0.3) is 6.20 Å². The number of aromatic nitrogens is 2. The Labute approximate surface area is 131 Å². The lowest BCUT2D eigenvalue weighted by Crippen LogP contribution is -2.41.